The highest BCUT2D eigenvalue weighted by Crippen LogP contribution is 2.27. The molecule has 0 radical (unpaired) electrons. The van der Waals surface area contributed by atoms with E-state index < -0.39 is 22.5 Å². The number of benzene rings is 3. The number of methoxy groups -OCH3 is 2. The zero-order chi connectivity index (χ0) is 22.4. The molecule has 0 unspecified atom stereocenters. The van der Waals surface area contributed by atoms with Crippen LogP contribution in [0.25, 0.3) is 0 Å². The molecule has 9 heteroatoms. The summed E-state index contributed by atoms with van der Waals surface area (Å²) in [6.07, 6.45) is 0. The van der Waals surface area contributed by atoms with Crippen molar-refractivity contribution in [2.24, 2.45) is 0 Å². The number of anilines is 1. The van der Waals surface area contributed by atoms with Gasteiger partial charge in [0.2, 0.25) is 0 Å². The van der Waals surface area contributed by atoms with Crippen LogP contribution in [0, 0.1) is 0 Å². The van der Waals surface area contributed by atoms with Crippen LogP contribution in [0.3, 0.4) is 0 Å². The van der Waals surface area contributed by atoms with Gasteiger partial charge in [-0.25, -0.2) is 8.42 Å². The van der Waals surface area contributed by atoms with Gasteiger partial charge >= 0.3 is 0 Å². The molecular formula is C22H20ClNO6S. The van der Waals surface area contributed by atoms with Gasteiger partial charge in [0.15, 0.2) is 6.61 Å². The van der Waals surface area contributed by atoms with Gasteiger partial charge in [0.05, 0.1) is 24.8 Å². The lowest BCUT2D eigenvalue weighted by atomic mass is 10.3. The molecule has 3 aromatic carbocycles. The summed E-state index contributed by atoms with van der Waals surface area (Å²) in [7, 11) is -1.19. The van der Waals surface area contributed by atoms with Gasteiger partial charge in [-0.3, -0.25) is 4.79 Å². The van der Waals surface area contributed by atoms with Gasteiger partial charge < -0.3 is 14.2 Å². The molecule has 162 valence electrons. The van der Waals surface area contributed by atoms with Crippen LogP contribution in [0.2, 0.25) is 5.02 Å². The standard InChI is InChI=1S/C22H20ClNO6S/c1-28-18-7-5-17(6-8-18)24(31(26,27)21-13-3-16(23)4-14-21)22(25)15-30-20-11-9-19(29-2)10-12-20/h3-14H,15H2,1-2H3. The van der Waals surface area contributed by atoms with E-state index in [1.54, 1.807) is 36.4 Å². The lowest BCUT2D eigenvalue weighted by molar-refractivity contribution is -0.119. The van der Waals surface area contributed by atoms with Crippen molar-refractivity contribution in [2.75, 3.05) is 25.1 Å². The molecule has 0 bridgehead atoms. The Morgan fingerprint density at radius 3 is 1.81 bits per heavy atom. The maximum atomic E-state index is 13.3. The van der Waals surface area contributed by atoms with Crippen molar-refractivity contribution < 1.29 is 27.4 Å². The molecule has 1 amide bonds. The second kappa shape index (κ2) is 9.72. The number of amides is 1. The smallest absolute Gasteiger partial charge is 0.278 e. The first-order chi connectivity index (χ1) is 14.8. The van der Waals surface area contributed by atoms with Crippen molar-refractivity contribution in [2.45, 2.75) is 4.90 Å². The first-order valence-corrected chi connectivity index (χ1v) is 10.9. The summed E-state index contributed by atoms with van der Waals surface area (Å²) in [6.45, 7) is -0.495. The van der Waals surface area contributed by atoms with Crippen LogP contribution in [0.4, 0.5) is 5.69 Å². The molecule has 0 saturated carbocycles. The fourth-order valence-electron chi connectivity index (χ4n) is 2.72. The maximum Gasteiger partial charge on any atom is 0.278 e. The molecule has 0 N–H and O–H groups in total. The Labute approximate surface area is 185 Å². The van der Waals surface area contributed by atoms with Gasteiger partial charge in [0.1, 0.15) is 17.2 Å². The molecule has 0 spiro atoms. The van der Waals surface area contributed by atoms with Crippen LogP contribution >= 0.6 is 11.6 Å². The van der Waals surface area contributed by atoms with Crippen molar-refractivity contribution in [3.8, 4) is 17.2 Å². The van der Waals surface area contributed by atoms with Gasteiger partial charge in [0, 0.05) is 5.02 Å². The van der Waals surface area contributed by atoms with Crippen LogP contribution in [0.1, 0.15) is 0 Å². The number of carbonyl (C=O) groups excluding carboxylic acids is 1. The number of halogens is 1. The molecule has 3 rings (SSSR count). The predicted molar refractivity (Wildman–Crippen MR) is 118 cm³/mol. The number of hydrogen-bond donors (Lipinski definition) is 0. The highest BCUT2D eigenvalue weighted by atomic mass is 35.5. The monoisotopic (exact) mass is 461 g/mol. The Morgan fingerprint density at radius 1 is 0.806 bits per heavy atom. The van der Waals surface area contributed by atoms with Crippen LogP contribution in [-0.4, -0.2) is 35.2 Å². The second-order valence-corrected chi connectivity index (χ2v) is 8.50. The number of nitrogens with zero attached hydrogens (tertiary/aromatic N) is 1. The van der Waals surface area contributed by atoms with Crippen LogP contribution in [-0.2, 0) is 14.8 Å². The molecule has 0 aliphatic heterocycles. The summed E-state index contributed by atoms with van der Waals surface area (Å²) in [5.41, 5.74) is 0.152. The quantitative estimate of drug-likeness (QED) is 0.501. The SMILES string of the molecule is COc1ccc(OCC(=O)N(c2ccc(OC)cc2)S(=O)(=O)c2ccc(Cl)cc2)cc1. The third-order valence-electron chi connectivity index (χ3n) is 4.31. The van der Waals surface area contributed by atoms with Crippen molar-refractivity contribution in [3.63, 3.8) is 0 Å². The maximum absolute atomic E-state index is 13.3. The summed E-state index contributed by atoms with van der Waals surface area (Å²) in [6, 6.07) is 18.3. The molecule has 0 atom stereocenters. The zero-order valence-electron chi connectivity index (χ0n) is 16.8. The van der Waals surface area contributed by atoms with Gasteiger partial charge in [-0.2, -0.15) is 4.31 Å². The summed E-state index contributed by atoms with van der Waals surface area (Å²) < 4.78 is 43.0. The third-order valence-corrected chi connectivity index (χ3v) is 6.32. The average molecular weight is 462 g/mol. The number of rotatable bonds is 8. The fraction of sp³-hybridized carbons (Fsp3) is 0.136. The van der Waals surface area contributed by atoms with Gasteiger partial charge in [0.25, 0.3) is 15.9 Å². The molecule has 0 heterocycles. The van der Waals surface area contributed by atoms with Gasteiger partial charge in [-0.05, 0) is 72.8 Å². The lowest BCUT2D eigenvalue weighted by Gasteiger charge is -2.23. The largest absolute Gasteiger partial charge is 0.497 e. The number of sulfonamides is 1. The first-order valence-electron chi connectivity index (χ1n) is 9.10. The highest BCUT2D eigenvalue weighted by molar-refractivity contribution is 7.93. The van der Waals surface area contributed by atoms with E-state index in [4.69, 9.17) is 25.8 Å². The zero-order valence-corrected chi connectivity index (χ0v) is 18.4. The van der Waals surface area contributed by atoms with Gasteiger partial charge in [-0.15, -0.1) is 0 Å². The molecule has 0 aliphatic carbocycles. The van der Waals surface area contributed by atoms with E-state index in [0.717, 1.165) is 0 Å². The molecule has 0 aliphatic rings. The van der Waals surface area contributed by atoms with Crippen molar-refractivity contribution in [1.82, 2.24) is 0 Å². The lowest BCUT2D eigenvalue weighted by Crippen LogP contribution is -2.40. The first kappa shape index (κ1) is 22.5. The summed E-state index contributed by atoms with van der Waals surface area (Å²) >= 11 is 5.88. The summed E-state index contributed by atoms with van der Waals surface area (Å²) in [4.78, 5) is 12.9. The number of carbonyl (C=O) groups is 1. The van der Waals surface area contributed by atoms with E-state index in [0.29, 0.717) is 26.6 Å². The molecule has 3 aromatic rings. The van der Waals surface area contributed by atoms with E-state index in [9.17, 15) is 13.2 Å². The van der Waals surface area contributed by atoms with Crippen LogP contribution < -0.4 is 18.5 Å². The fourth-order valence-corrected chi connectivity index (χ4v) is 4.26. The van der Waals surface area contributed by atoms with E-state index >= 15 is 0 Å². The molecule has 7 nitrogen and oxygen atoms in total. The minimum absolute atomic E-state index is 0.0782. The molecule has 0 fully saturated rings. The molecular weight excluding hydrogens is 442 g/mol. The number of hydrogen-bond acceptors (Lipinski definition) is 6. The minimum Gasteiger partial charge on any atom is -0.497 e. The predicted octanol–water partition coefficient (Wildman–Crippen LogP) is 4.16. The third kappa shape index (κ3) is 5.28. The average Bonchev–Trinajstić information content (AvgIpc) is 2.79. The van der Waals surface area contributed by atoms with E-state index in [1.807, 2.05) is 0 Å². The normalized spacial score (nSPS) is 10.9. The second-order valence-electron chi connectivity index (χ2n) is 6.28. The van der Waals surface area contributed by atoms with Crippen molar-refractivity contribution >= 4 is 33.2 Å². The van der Waals surface area contributed by atoms with E-state index in [2.05, 4.69) is 0 Å². The Kier molecular flexibility index (Phi) is 7.04. The summed E-state index contributed by atoms with van der Waals surface area (Å²) in [5, 5.41) is 0.379. The topological polar surface area (TPSA) is 82.1 Å². The molecule has 31 heavy (non-hydrogen) atoms. The molecule has 0 saturated heterocycles. The summed E-state index contributed by atoms with van der Waals surface area (Å²) in [5.74, 6) is 0.780. The van der Waals surface area contributed by atoms with Crippen LogP contribution in [0.15, 0.2) is 77.7 Å². The number of ether oxygens (including phenoxy) is 3. The van der Waals surface area contributed by atoms with Crippen LogP contribution in [0.5, 0.6) is 17.2 Å². The van der Waals surface area contributed by atoms with Crippen molar-refractivity contribution in [1.29, 1.82) is 0 Å². The van der Waals surface area contributed by atoms with E-state index in [-0.39, 0.29) is 10.6 Å². The molecule has 0 aromatic heterocycles. The Morgan fingerprint density at radius 2 is 1.29 bits per heavy atom. The Hall–Kier alpha value is -3.23. The van der Waals surface area contributed by atoms with Crippen molar-refractivity contribution in [3.05, 3.63) is 77.8 Å². The Balaban J connectivity index is 1.92. The van der Waals surface area contributed by atoms with Gasteiger partial charge in [-0.1, -0.05) is 11.6 Å². The minimum atomic E-state index is -4.22. The highest BCUT2D eigenvalue weighted by Gasteiger charge is 2.31. The van der Waals surface area contributed by atoms with E-state index in [1.165, 1.54) is 50.6 Å². The Bertz CT molecular complexity index is 1130.